The van der Waals surface area contributed by atoms with Gasteiger partial charge in [-0.15, -0.1) is 11.3 Å². The number of thiazole rings is 1. The molecule has 28 heavy (non-hydrogen) atoms. The van der Waals surface area contributed by atoms with Crippen LogP contribution in [0.25, 0.3) is 10.2 Å². The lowest BCUT2D eigenvalue weighted by Crippen LogP contribution is -2.42. The molecular formula is C21H25N3O2S2. The SMILES string of the molecule is CCN(C(=O)CN(Cc1cccs1)CC1CCCO1)c1nc2ccccc2s1. The van der Waals surface area contributed by atoms with Gasteiger partial charge in [0.25, 0.3) is 0 Å². The van der Waals surface area contributed by atoms with Crippen LogP contribution in [0, 0.1) is 0 Å². The molecule has 3 heterocycles. The molecule has 2 aromatic heterocycles. The average molecular weight is 416 g/mol. The zero-order valence-electron chi connectivity index (χ0n) is 16.0. The number of carbonyl (C=O) groups is 1. The number of hydrogen-bond acceptors (Lipinski definition) is 6. The van der Waals surface area contributed by atoms with Crippen LogP contribution in [0.3, 0.4) is 0 Å². The summed E-state index contributed by atoms with van der Waals surface area (Å²) < 4.78 is 6.93. The summed E-state index contributed by atoms with van der Waals surface area (Å²) >= 11 is 3.31. The van der Waals surface area contributed by atoms with Crippen molar-refractivity contribution in [3.05, 3.63) is 46.7 Å². The van der Waals surface area contributed by atoms with Crippen molar-refractivity contribution in [1.29, 1.82) is 0 Å². The lowest BCUT2D eigenvalue weighted by Gasteiger charge is -2.27. The minimum absolute atomic E-state index is 0.0936. The molecule has 0 aliphatic carbocycles. The highest BCUT2D eigenvalue weighted by atomic mass is 32.1. The van der Waals surface area contributed by atoms with Crippen LogP contribution in [0.4, 0.5) is 5.13 Å². The second-order valence-corrected chi connectivity index (χ2v) is 9.03. The molecule has 1 aliphatic rings. The van der Waals surface area contributed by atoms with Crippen molar-refractivity contribution >= 4 is 43.9 Å². The van der Waals surface area contributed by atoms with E-state index in [1.54, 1.807) is 22.7 Å². The highest BCUT2D eigenvalue weighted by molar-refractivity contribution is 7.22. The van der Waals surface area contributed by atoms with Crippen LogP contribution in [-0.2, 0) is 16.1 Å². The third kappa shape index (κ3) is 4.60. The summed E-state index contributed by atoms with van der Waals surface area (Å²) in [7, 11) is 0. The van der Waals surface area contributed by atoms with Gasteiger partial charge in [-0.05, 0) is 43.3 Å². The van der Waals surface area contributed by atoms with E-state index in [1.807, 2.05) is 30.0 Å². The normalized spacial score (nSPS) is 16.9. The number of nitrogens with zero attached hydrogens (tertiary/aromatic N) is 3. The zero-order chi connectivity index (χ0) is 19.3. The highest BCUT2D eigenvalue weighted by Crippen LogP contribution is 2.28. The van der Waals surface area contributed by atoms with Crippen molar-refractivity contribution in [3.8, 4) is 0 Å². The Bertz CT molecular complexity index is 870. The smallest absolute Gasteiger partial charge is 0.242 e. The first-order valence-corrected chi connectivity index (χ1v) is 11.4. The molecular weight excluding hydrogens is 390 g/mol. The topological polar surface area (TPSA) is 45.7 Å². The third-order valence-corrected chi connectivity index (χ3v) is 6.86. The van der Waals surface area contributed by atoms with Gasteiger partial charge in [0.2, 0.25) is 5.91 Å². The Balaban J connectivity index is 1.49. The maximum atomic E-state index is 13.2. The molecule has 1 atom stereocenters. The van der Waals surface area contributed by atoms with Gasteiger partial charge in [0.1, 0.15) is 0 Å². The van der Waals surface area contributed by atoms with E-state index < -0.39 is 0 Å². The Morgan fingerprint density at radius 3 is 2.89 bits per heavy atom. The summed E-state index contributed by atoms with van der Waals surface area (Å²) in [4.78, 5) is 23.2. The van der Waals surface area contributed by atoms with Crippen molar-refractivity contribution in [1.82, 2.24) is 9.88 Å². The van der Waals surface area contributed by atoms with Crippen molar-refractivity contribution in [2.45, 2.75) is 32.4 Å². The fraction of sp³-hybridized carbons (Fsp3) is 0.429. The Labute approximate surface area is 173 Å². The molecule has 0 bridgehead atoms. The molecule has 1 saturated heterocycles. The molecule has 3 aromatic rings. The molecule has 148 valence electrons. The summed E-state index contributed by atoms with van der Waals surface area (Å²) in [6.07, 6.45) is 2.41. The van der Waals surface area contributed by atoms with E-state index in [4.69, 9.17) is 4.74 Å². The number of anilines is 1. The van der Waals surface area contributed by atoms with Gasteiger partial charge in [-0.1, -0.05) is 29.5 Å². The first-order chi connectivity index (χ1) is 13.7. The Kier molecular flexibility index (Phi) is 6.36. The fourth-order valence-corrected chi connectivity index (χ4v) is 5.35. The van der Waals surface area contributed by atoms with Crippen molar-refractivity contribution < 1.29 is 9.53 Å². The monoisotopic (exact) mass is 415 g/mol. The van der Waals surface area contributed by atoms with Crippen molar-refractivity contribution in [3.63, 3.8) is 0 Å². The zero-order valence-corrected chi connectivity index (χ0v) is 17.7. The van der Waals surface area contributed by atoms with E-state index in [1.165, 1.54) is 4.88 Å². The molecule has 1 aliphatic heterocycles. The predicted molar refractivity (Wildman–Crippen MR) is 116 cm³/mol. The van der Waals surface area contributed by atoms with E-state index in [-0.39, 0.29) is 12.0 Å². The third-order valence-electron chi connectivity index (χ3n) is 4.94. The largest absolute Gasteiger partial charge is 0.377 e. The number of likely N-dealkylation sites (N-methyl/N-ethyl adjacent to an activating group) is 1. The number of rotatable bonds is 8. The summed E-state index contributed by atoms with van der Waals surface area (Å²) in [5, 5.41) is 2.86. The maximum Gasteiger partial charge on any atom is 0.242 e. The van der Waals surface area contributed by atoms with E-state index in [0.29, 0.717) is 13.1 Å². The molecule has 5 nitrogen and oxygen atoms in total. The second-order valence-electron chi connectivity index (χ2n) is 6.99. The number of ether oxygens (including phenoxy) is 1. The maximum absolute atomic E-state index is 13.2. The number of thiophene rings is 1. The van der Waals surface area contributed by atoms with Gasteiger partial charge < -0.3 is 4.74 Å². The quantitative estimate of drug-likeness (QED) is 0.547. The summed E-state index contributed by atoms with van der Waals surface area (Å²) in [6.45, 7) is 5.40. The lowest BCUT2D eigenvalue weighted by molar-refractivity contribution is -0.120. The number of hydrogen-bond donors (Lipinski definition) is 0. The van der Waals surface area contributed by atoms with Gasteiger partial charge in [-0.3, -0.25) is 14.6 Å². The standard InChI is InChI=1S/C21H25N3O2S2/c1-2-24(21-22-18-9-3-4-10-19(18)28-21)20(25)15-23(13-16-7-5-11-26-16)14-17-8-6-12-27-17/h3-4,6,8-10,12,16H,2,5,7,11,13-15H2,1H3. The summed E-state index contributed by atoms with van der Waals surface area (Å²) in [6, 6.07) is 12.2. The van der Waals surface area contributed by atoms with Crippen molar-refractivity contribution in [2.75, 3.05) is 31.1 Å². The Morgan fingerprint density at radius 2 is 2.18 bits per heavy atom. The lowest BCUT2D eigenvalue weighted by atomic mass is 10.2. The van der Waals surface area contributed by atoms with Gasteiger partial charge in [-0.2, -0.15) is 0 Å². The number of fused-ring (bicyclic) bond motifs is 1. The second kappa shape index (κ2) is 9.13. The number of aromatic nitrogens is 1. The van der Waals surface area contributed by atoms with Gasteiger partial charge >= 0.3 is 0 Å². The molecule has 0 N–H and O–H groups in total. The van der Waals surface area contributed by atoms with Crippen molar-refractivity contribution in [2.24, 2.45) is 0 Å². The molecule has 0 spiro atoms. The van der Waals surface area contributed by atoms with E-state index in [0.717, 1.165) is 47.9 Å². The van der Waals surface area contributed by atoms with Gasteiger partial charge in [0.15, 0.2) is 5.13 Å². The summed E-state index contributed by atoms with van der Waals surface area (Å²) in [5.41, 5.74) is 0.948. The predicted octanol–water partition coefficient (Wildman–Crippen LogP) is 4.39. The molecule has 1 aromatic carbocycles. The Morgan fingerprint density at radius 1 is 1.29 bits per heavy atom. The van der Waals surface area contributed by atoms with Crippen LogP contribution in [0.15, 0.2) is 41.8 Å². The minimum atomic E-state index is 0.0936. The van der Waals surface area contributed by atoms with Crippen LogP contribution in [0.1, 0.15) is 24.6 Å². The number of benzene rings is 1. The fourth-order valence-electron chi connectivity index (χ4n) is 3.55. The average Bonchev–Trinajstić information content (AvgIpc) is 3.44. The minimum Gasteiger partial charge on any atom is -0.377 e. The van der Waals surface area contributed by atoms with Gasteiger partial charge in [-0.25, -0.2) is 4.98 Å². The van der Waals surface area contributed by atoms with Crippen LogP contribution in [0.5, 0.6) is 0 Å². The molecule has 1 fully saturated rings. The van der Waals surface area contributed by atoms with E-state index >= 15 is 0 Å². The van der Waals surface area contributed by atoms with Crippen LogP contribution in [0.2, 0.25) is 0 Å². The van der Waals surface area contributed by atoms with E-state index in [9.17, 15) is 4.79 Å². The molecule has 1 unspecified atom stereocenters. The molecule has 7 heteroatoms. The van der Waals surface area contributed by atoms with Crippen LogP contribution in [-0.4, -0.2) is 48.1 Å². The molecule has 1 amide bonds. The first-order valence-electron chi connectivity index (χ1n) is 9.75. The molecule has 4 rings (SSSR count). The highest BCUT2D eigenvalue weighted by Gasteiger charge is 2.24. The Hall–Kier alpha value is -1.80. The number of para-hydroxylation sites is 1. The molecule has 0 radical (unpaired) electrons. The number of amides is 1. The summed E-state index contributed by atoms with van der Waals surface area (Å²) in [5.74, 6) is 0.0936. The number of carbonyl (C=O) groups excluding carboxylic acids is 1. The first kappa shape index (κ1) is 19.5. The molecule has 0 saturated carbocycles. The van der Waals surface area contributed by atoms with Crippen LogP contribution >= 0.6 is 22.7 Å². The van der Waals surface area contributed by atoms with Crippen LogP contribution < -0.4 is 4.90 Å². The van der Waals surface area contributed by atoms with Gasteiger partial charge in [0.05, 0.1) is 22.9 Å². The van der Waals surface area contributed by atoms with Gasteiger partial charge in [0, 0.05) is 31.1 Å². The van der Waals surface area contributed by atoms with E-state index in [2.05, 4.69) is 33.5 Å².